The van der Waals surface area contributed by atoms with Gasteiger partial charge in [-0.05, 0) is 6.66 Å². The Morgan fingerprint density at radius 1 is 0.552 bits per heavy atom. The lowest BCUT2D eigenvalue weighted by Crippen LogP contribution is -2.48. The first kappa shape index (κ1) is 26.1. The van der Waals surface area contributed by atoms with Crippen LogP contribution in [0.3, 0.4) is 0 Å². The van der Waals surface area contributed by atoms with Gasteiger partial charge in [-0.1, -0.05) is 13.8 Å². The SMILES string of the molecule is CC(C(=O)O)C(C(=O)O)C(C(=O)O)P(C)(=O)C(C(=O)O)C(C(=O)O)C(C)C(=O)O. The molecule has 0 rings (SSSR count). The maximum atomic E-state index is 13.4. The number of carbonyl (C=O) groups is 6. The van der Waals surface area contributed by atoms with Gasteiger partial charge in [0.1, 0.15) is 18.5 Å². The first-order valence-corrected chi connectivity index (χ1v) is 10.2. The van der Waals surface area contributed by atoms with E-state index >= 15 is 0 Å². The van der Waals surface area contributed by atoms with Crippen molar-refractivity contribution >= 4 is 43.0 Å². The highest BCUT2D eigenvalue weighted by atomic mass is 31.2. The van der Waals surface area contributed by atoms with Crippen molar-refractivity contribution in [2.75, 3.05) is 6.66 Å². The van der Waals surface area contributed by atoms with Crippen LogP contribution in [0, 0.1) is 23.7 Å². The molecule has 0 aliphatic rings. The molecule has 0 bridgehead atoms. The molecule has 6 N–H and O–H groups in total. The molecular weight excluding hydrogens is 419 g/mol. The molecule has 0 fully saturated rings. The van der Waals surface area contributed by atoms with E-state index < -0.39 is 77.9 Å². The fourth-order valence-electron chi connectivity index (χ4n) is 3.11. The van der Waals surface area contributed by atoms with E-state index in [0.717, 1.165) is 13.8 Å². The highest BCUT2D eigenvalue weighted by Gasteiger charge is 2.58. The minimum atomic E-state index is -4.92. The van der Waals surface area contributed by atoms with Crippen LogP contribution in [0.1, 0.15) is 13.8 Å². The monoisotopic (exact) mass is 440 g/mol. The smallest absolute Gasteiger partial charge is 0.314 e. The Morgan fingerprint density at radius 3 is 0.931 bits per heavy atom. The van der Waals surface area contributed by atoms with Gasteiger partial charge in [0.2, 0.25) is 0 Å². The number of hydrogen-bond donors (Lipinski definition) is 6. The molecule has 6 atom stereocenters. The summed E-state index contributed by atoms with van der Waals surface area (Å²) in [4.78, 5) is 69.1. The van der Waals surface area contributed by atoms with Crippen LogP contribution in [-0.4, -0.2) is 84.4 Å². The maximum absolute atomic E-state index is 13.4. The summed E-state index contributed by atoms with van der Waals surface area (Å²) in [6.07, 6.45) is 0. The summed E-state index contributed by atoms with van der Waals surface area (Å²) in [6.45, 7) is 2.14. The number of carboxylic acids is 6. The fourth-order valence-corrected chi connectivity index (χ4v) is 6.38. The van der Waals surface area contributed by atoms with Crippen molar-refractivity contribution in [3.63, 3.8) is 0 Å². The summed E-state index contributed by atoms with van der Waals surface area (Å²) in [5.74, 6) is -20.4. The average molecular weight is 440 g/mol. The van der Waals surface area contributed by atoms with Gasteiger partial charge in [-0.25, -0.2) is 0 Å². The third kappa shape index (κ3) is 5.53. The topological polar surface area (TPSA) is 241 Å². The molecule has 13 nitrogen and oxygen atoms in total. The van der Waals surface area contributed by atoms with Crippen molar-refractivity contribution in [3.8, 4) is 0 Å². The van der Waals surface area contributed by atoms with Crippen LogP contribution in [0.5, 0.6) is 0 Å². The highest BCUT2D eigenvalue weighted by Crippen LogP contribution is 2.59. The molecule has 0 aromatic rings. The van der Waals surface area contributed by atoms with E-state index in [1.807, 2.05) is 0 Å². The molecule has 0 heterocycles. The van der Waals surface area contributed by atoms with Crippen LogP contribution in [0.2, 0.25) is 0 Å². The van der Waals surface area contributed by atoms with Gasteiger partial charge in [0, 0.05) is 0 Å². The molecule has 0 aromatic heterocycles. The Kier molecular flexibility index (Phi) is 8.54. The van der Waals surface area contributed by atoms with Crippen molar-refractivity contribution in [1.82, 2.24) is 0 Å². The van der Waals surface area contributed by atoms with Crippen LogP contribution in [0.15, 0.2) is 0 Å². The largest absolute Gasteiger partial charge is 0.481 e. The van der Waals surface area contributed by atoms with E-state index in [4.69, 9.17) is 10.2 Å². The molecule has 0 aliphatic carbocycles. The number of aliphatic carboxylic acids is 6. The zero-order chi connectivity index (χ0) is 23.4. The van der Waals surface area contributed by atoms with Crippen molar-refractivity contribution in [2.24, 2.45) is 23.7 Å². The van der Waals surface area contributed by atoms with Crippen LogP contribution < -0.4 is 0 Å². The minimum absolute atomic E-state index is 0.527. The van der Waals surface area contributed by atoms with E-state index in [0.29, 0.717) is 6.66 Å². The molecule has 0 saturated heterocycles. The Morgan fingerprint density at radius 2 is 0.793 bits per heavy atom. The van der Waals surface area contributed by atoms with Crippen molar-refractivity contribution in [1.29, 1.82) is 0 Å². The second-order valence-electron chi connectivity index (χ2n) is 6.61. The summed E-state index contributed by atoms with van der Waals surface area (Å²) >= 11 is 0. The summed E-state index contributed by atoms with van der Waals surface area (Å²) in [5.41, 5.74) is -5.20. The predicted octanol–water partition coefficient (Wildman–Crippen LogP) is -0.271. The molecule has 0 spiro atoms. The Bertz CT molecular complexity index is 712. The third-order valence-electron chi connectivity index (χ3n) is 4.72. The highest BCUT2D eigenvalue weighted by molar-refractivity contribution is 7.66. The van der Waals surface area contributed by atoms with Gasteiger partial charge in [-0.2, -0.15) is 0 Å². The summed E-state index contributed by atoms with van der Waals surface area (Å²) in [6, 6.07) is 0. The molecule has 0 amide bonds. The standard InChI is InChI=1S/C15H21O13P/c1-4(10(16)17)6(12(20)21)8(14(24)25)29(3,28)9(15(26)27)7(13(22)23)5(2)11(18)19/h4-9H,1-3H3,(H,16,17)(H,18,19)(H,20,21)(H,22,23)(H,24,25)(H,26,27). The Balaban J connectivity index is 6.85. The quantitative estimate of drug-likeness (QED) is 0.214. The van der Waals surface area contributed by atoms with E-state index in [2.05, 4.69) is 0 Å². The van der Waals surface area contributed by atoms with Gasteiger partial charge in [0.05, 0.1) is 23.7 Å². The van der Waals surface area contributed by atoms with Crippen LogP contribution in [0.4, 0.5) is 0 Å². The lowest BCUT2D eigenvalue weighted by molar-refractivity contribution is -0.157. The van der Waals surface area contributed by atoms with Crippen molar-refractivity contribution in [3.05, 3.63) is 0 Å². The molecule has 29 heavy (non-hydrogen) atoms. The first-order valence-electron chi connectivity index (χ1n) is 7.93. The molecule has 0 aromatic carbocycles. The third-order valence-corrected chi connectivity index (χ3v) is 8.01. The van der Waals surface area contributed by atoms with Gasteiger partial charge < -0.3 is 35.2 Å². The molecule has 164 valence electrons. The van der Waals surface area contributed by atoms with Gasteiger partial charge in [0.25, 0.3) is 0 Å². The minimum Gasteiger partial charge on any atom is -0.481 e. The lowest BCUT2D eigenvalue weighted by Gasteiger charge is -2.35. The van der Waals surface area contributed by atoms with Gasteiger partial charge in [0.15, 0.2) is 0 Å². The predicted molar refractivity (Wildman–Crippen MR) is 92.2 cm³/mol. The second-order valence-corrected chi connectivity index (χ2v) is 9.84. The molecule has 0 radical (unpaired) electrons. The summed E-state index contributed by atoms with van der Waals surface area (Å²) < 4.78 is 13.4. The zero-order valence-electron chi connectivity index (χ0n) is 15.5. The Labute approximate surface area is 163 Å². The lowest BCUT2D eigenvalue weighted by atomic mass is 9.90. The molecular formula is C15H21O13P. The normalized spacial score (nSPS) is 19.4. The summed E-state index contributed by atoms with van der Waals surface area (Å²) in [7, 11) is -4.92. The van der Waals surface area contributed by atoms with Crippen molar-refractivity contribution < 1.29 is 64.0 Å². The summed E-state index contributed by atoms with van der Waals surface area (Å²) in [5, 5.41) is 55.8. The van der Waals surface area contributed by atoms with Crippen LogP contribution >= 0.6 is 7.14 Å². The molecule has 6 unspecified atom stereocenters. The van der Waals surface area contributed by atoms with E-state index in [9.17, 15) is 53.8 Å². The fraction of sp³-hybridized carbons (Fsp3) is 0.600. The number of rotatable bonds is 12. The van der Waals surface area contributed by atoms with Crippen molar-refractivity contribution in [2.45, 2.75) is 25.2 Å². The maximum Gasteiger partial charge on any atom is 0.314 e. The second kappa shape index (κ2) is 9.50. The first-order chi connectivity index (χ1) is 13.0. The average Bonchev–Trinajstić information content (AvgIpc) is 2.53. The number of carboxylic acid groups (broad SMARTS) is 6. The van der Waals surface area contributed by atoms with Gasteiger partial charge in [-0.3, -0.25) is 28.8 Å². The molecule has 0 aliphatic heterocycles. The van der Waals surface area contributed by atoms with E-state index in [1.165, 1.54) is 0 Å². The van der Waals surface area contributed by atoms with E-state index in [-0.39, 0.29) is 0 Å². The van der Waals surface area contributed by atoms with Crippen LogP contribution in [-0.2, 0) is 33.3 Å². The molecule has 14 heteroatoms. The number of hydrogen-bond acceptors (Lipinski definition) is 7. The molecule has 0 saturated carbocycles. The van der Waals surface area contributed by atoms with Gasteiger partial charge >= 0.3 is 35.8 Å². The van der Waals surface area contributed by atoms with Crippen LogP contribution in [0.25, 0.3) is 0 Å². The van der Waals surface area contributed by atoms with Gasteiger partial charge in [-0.15, -0.1) is 0 Å². The zero-order valence-corrected chi connectivity index (χ0v) is 16.3. The Hall–Kier alpha value is -2.95. The van der Waals surface area contributed by atoms with E-state index in [1.54, 1.807) is 0 Å².